The summed E-state index contributed by atoms with van der Waals surface area (Å²) in [6.45, 7) is 0. The molecule has 1 aliphatic rings. The average molecular weight is 256 g/mol. The third-order valence-corrected chi connectivity index (χ3v) is 3.04. The maximum Gasteiger partial charge on any atom is 0.270 e. The van der Waals surface area contributed by atoms with Gasteiger partial charge in [-0.05, 0) is 11.5 Å². The summed E-state index contributed by atoms with van der Waals surface area (Å²) >= 11 is 0. The number of hydrogen-bond acceptors (Lipinski definition) is 3. The molecule has 1 aromatic carbocycles. The average Bonchev–Trinajstić information content (AvgIpc) is 2.24. The van der Waals surface area contributed by atoms with E-state index < -0.39 is 22.7 Å². The highest BCUT2D eigenvalue weighted by molar-refractivity contribution is 5.95. The highest BCUT2D eigenvalue weighted by Crippen LogP contribution is 2.49. The third-order valence-electron chi connectivity index (χ3n) is 3.04. The maximum atomic E-state index is 12.8. The number of rotatable bonds is 3. The summed E-state index contributed by atoms with van der Waals surface area (Å²) in [4.78, 5) is 21.1. The number of carbonyl (C=O) groups is 1. The second-order valence-electron chi connectivity index (χ2n) is 4.35. The van der Waals surface area contributed by atoms with Gasteiger partial charge in [-0.15, -0.1) is 0 Å². The lowest BCUT2D eigenvalue weighted by Gasteiger charge is -2.35. The molecule has 1 saturated carbocycles. The largest absolute Gasteiger partial charge is 0.366 e. The van der Waals surface area contributed by atoms with Crippen LogP contribution in [0.2, 0.25) is 0 Å². The topological polar surface area (TPSA) is 86.2 Å². The number of amides is 1. The van der Waals surface area contributed by atoms with Gasteiger partial charge in [-0.2, -0.15) is 0 Å². The molecule has 5 nitrogen and oxygen atoms in total. The third kappa shape index (κ3) is 2.15. The standard InChI is InChI=1S/C11H10F2N2O3/c12-11(13)4-6(5-11)8-2-1-7(15(17)18)3-9(8)10(14)16/h1-3,6H,4-5H2,(H2,14,16). The van der Waals surface area contributed by atoms with E-state index in [0.717, 1.165) is 6.07 Å². The Balaban J connectivity index is 2.36. The number of alkyl halides is 2. The molecule has 0 heterocycles. The molecule has 2 rings (SSSR count). The zero-order chi connectivity index (χ0) is 13.5. The minimum Gasteiger partial charge on any atom is -0.366 e. The van der Waals surface area contributed by atoms with Crippen LogP contribution in [0.1, 0.15) is 34.7 Å². The van der Waals surface area contributed by atoms with Gasteiger partial charge in [0.1, 0.15) is 0 Å². The zero-order valence-corrected chi connectivity index (χ0v) is 9.23. The minimum atomic E-state index is -2.72. The molecule has 1 aromatic rings. The van der Waals surface area contributed by atoms with Crippen LogP contribution in [0.3, 0.4) is 0 Å². The van der Waals surface area contributed by atoms with Gasteiger partial charge in [0.25, 0.3) is 5.69 Å². The van der Waals surface area contributed by atoms with Crippen molar-refractivity contribution < 1.29 is 18.5 Å². The van der Waals surface area contributed by atoms with Gasteiger partial charge >= 0.3 is 0 Å². The van der Waals surface area contributed by atoms with Crippen LogP contribution in [0.4, 0.5) is 14.5 Å². The van der Waals surface area contributed by atoms with E-state index in [9.17, 15) is 23.7 Å². The molecule has 96 valence electrons. The second kappa shape index (κ2) is 4.01. The normalized spacial score (nSPS) is 18.1. The lowest BCUT2D eigenvalue weighted by molar-refractivity contribution is -0.384. The highest BCUT2D eigenvalue weighted by Gasteiger charge is 2.46. The molecule has 1 fully saturated rings. The van der Waals surface area contributed by atoms with Gasteiger partial charge < -0.3 is 5.73 Å². The molecule has 0 spiro atoms. The van der Waals surface area contributed by atoms with Gasteiger partial charge in [0.15, 0.2) is 0 Å². The molecule has 0 aliphatic heterocycles. The molecule has 18 heavy (non-hydrogen) atoms. The summed E-state index contributed by atoms with van der Waals surface area (Å²) in [6, 6.07) is 3.56. The number of nitrogens with two attached hydrogens (primary N) is 1. The van der Waals surface area contributed by atoms with Crippen LogP contribution in [0.25, 0.3) is 0 Å². The van der Waals surface area contributed by atoms with E-state index in [4.69, 9.17) is 5.73 Å². The van der Waals surface area contributed by atoms with Crippen molar-refractivity contribution >= 4 is 11.6 Å². The van der Waals surface area contributed by atoms with Gasteiger partial charge in [-0.25, -0.2) is 8.78 Å². The van der Waals surface area contributed by atoms with E-state index in [1.165, 1.54) is 12.1 Å². The number of nitro groups is 1. The second-order valence-corrected chi connectivity index (χ2v) is 4.35. The van der Waals surface area contributed by atoms with Crippen LogP contribution in [0, 0.1) is 10.1 Å². The SMILES string of the molecule is NC(=O)c1cc([N+](=O)[O-])ccc1C1CC(F)(F)C1. The number of nitrogens with zero attached hydrogens (tertiary/aromatic N) is 1. The van der Waals surface area contributed by atoms with E-state index in [2.05, 4.69) is 0 Å². The summed E-state index contributed by atoms with van der Waals surface area (Å²) in [7, 11) is 0. The summed E-state index contributed by atoms with van der Waals surface area (Å²) in [5.74, 6) is -4.03. The first-order valence-corrected chi connectivity index (χ1v) is 5.26. The summed E-state index contributed by atoms with van der Waals surface area (Å²) < 4.78 is 25.6. The number of nitro benzene ring substituents is 1. The van der Waals surface area contributed by atoms with Crippen LogP contribution in [0.5, 0.6) is 0 Å². The number of non-ortho nitro benzene ring substituents is 1. The molecular weight excluding hydrogens is 246 g/mol. The first-order valence-electron chi connectivity index (χ1n) is 5.26. The zero-order valence-electron chi connectivity index (χ0n) is 9.23. The Hall–Kier alpha value is -2.05. The lowest BCUT2D eigenvalue weighted by atomic mass is 9.75. The van der Waals surface area contributed by atoms with Crippen LogP contribution >= 0.6 is 0 Å². The minimum absolute atomic E-state index is 0.0512. The Morgan fingerprint density at radius 3 is 2.50 bits per heavy atom. The Labute approximate surface area is 101 Å². The van der Waals surface area contributed by atoms with Crippen molar-refractivity contribution in [2.24, 2.45) is 5.73 Å². The van der Waals surface area contributed by atoms with Crippen LogP contribution in [-0.4, -0.2) is 16.8 Å². The first-order chi connectivity index (χ1) is 8.30. The summed E-state index contributed by atoms with van der Waals surface area (Å²) in [5, 5.41) is 10.6. The fourth-order valence-electron chi connectivity index (χ4n) is 2.11. The predicted molar refractivity (Wildman–Crippen MR) is 58.5 cm³/mol. The van der Waals surface area contributed by atoms with Gasteiger partial charge in [-0.1, -0.05) is 6.07 Å². The molecule has 0 unspecified atom stereocenters. The molecule has 2 N–H and O–H groups in total. The molecule has 0 saturated heterocycles. The summed E-state index contributed by atoms with van der Waals surface area (Å²) in [5.41, 5.74) is 5.15. The van der Waals surface area contributed by atoms with Crippen molar-refractivity contribution in [1.82, 2.24) is 0 Å². The van der Waals surface area contributed by atoms with Gasteiger partial charge in [0.2, 0.25) is 11.8 Å². The predicted octanol–water partition coefficient (Wildman–Crippen LogP) is 2.21. The monoisotopic (exact) mass is 256 g/mol. The van der Waals surface area contributed by atoms with E-state index in [1.807, 2.05) is 0 Å². The van der Waals surface area contributed by atoms with Gasteiger partial charge in [0.05, 0.1) is 4.92 Å². The first kappa shape index (κ1) is 12.4. The van der Waals surface area contributed by atoms with E-state index in [1.54, 1.807) is 0 Å². The Morgan fingerprint density at radius 2 is 2.06 bits per heavy atom. The highest BCUT2D eigenvalue weighted by atomic mass is 19.3. The van der Waals surface area contributed by atoms with Crippen molar-refractivity contribution in [3.05, 3.63) is 39.4 Å². The lowest BCUT2D eigenvalue weighted by Crippen LogP contribution is -2.34. The van der Waals surface area contributed by atoms with Crippen molar-refractivity contribution in [3.63, 3.8) is 0 Å². The maximum absolute atomic E-state index is 12.8. The van der Waals surface area contributed by atoms with E-state index >= 15 is 0 Å². The molecule has 0 radical (unpaired) electrons. The van der Waals surface area contributed by atoms with Crippen LogP contribution < -0.4 is 5.73 Å². The smallest absolute Gasteiger partial charge is 0.270 e. The van der Waals surface area contributed by atoms with Crippen molar-refractivity contribution in [3.8, 4) is 0 Å². The molecular formula is C11H10F2N2O3. The quantitative estimate of drug-likeness (QED) is 0.664. The number of halogens is 2. The fourth-order valence-corrected chi connectivity index (χ4v) is 2.11. The van der Waals surface area contributed by atoms with Crippen molar-refractivity contribution in [2.75, 3.05) is 0 Å². The number of hydrogen-bond donors (Lipinski definition) is 1. The molecule has 0 aromatic heterocycles. The van der Waals surface area contributed by atoms with Crippen LogP contribution in [-0.2, 0) is 0 Å². The molecule has 7 heteroatoms. The molecule has 0 atom stereocenters. The van der Waals surface area contributed by atoms with Crippen molar-refractivity contribution in [2.45, 2.75) is 24.7 Å². The van der Waals surface area contributed by atoms with Crippen LogP contribution in [0.15, 0.2) is 18.2 Å². The van der Waals surface area contributed by atoms with Crippen molar-refractivity contribution in [1.29, 1.82) is 0 Å². The number of primary amides is 1. The molecule has 1 aliphatic carbocycles. The van der Waals surface area contributed by atoms with Gasteiger partial charge in [0, 0.05) is 30.5 Å². The number of carbonyl (C=O) groups excluding carboxylic acids is 1. The Morgan fingerprint density at radius 1 is 1.44 bits per heavy atom. The van der Waals surface area contributed by atoms with E-state index in [-0.39, 0.29) is 24.1 Å². The number of benzene rings is 1. The van der Waals surface area contributed by atoms with Gasteiger partial charge in [-0.3, -0.25) is 14.9 Å². The van der Waals surface area contributed by atoms with E-state index in [0.29, 0.717) is 5.56 Å². The Kier molecular flexibility index (Phi) is 2.76. The summed E-state index contributed by atoms with van der Waals surface area (Å²) in [6.07, 6.45) is -0.712. The molecule has 0 bridgehead atoms. The fraction of sp³-hybridized carbons (Fsp3) is 0.364. The Bertz CT molecular complexity index is 523. The molecule has 1 amide bonds.